The molecule has 3 aromatic rings. The predicted molar refractivity (Wildman–Crippen MR) is 118 cm³/mol. The second kappa shape index (κ2) is 9.62. The molecule has 0 radical (unpaired) electrons. The van der Waals surface area contributed by atoms with Crippen LogP contribution in [0.2, 0.25) is 10.0 Å². The van der Waals surface area contributed by atoms with E-state index in [4.69, 9.17) is 23.2 Å². The molecule has 0 atom stereocenters. The van der Waals surface area contributed by atoms with Gasteiger partial charge in [0.05, 0.1) is 27.2 Å². The van der Waals surface area contributed by atoms with Crippen molar-refractivity contribution in [3.63, 3.8) is 0 Å². The van der Waals surface area contributed by atoms with E-state index in [9.17, 15) is 9.59 Å². The number of thiophene rings is 1. The summed E-state index contributed by atoms with van der Waals surface area (Å²) in [4.78, 5) is 26.9. The number of aromatic nitrogens is 3. The molecule has 0 aliphatic heterocycles. The van der Waals surface area contributed by atoms with Gasteiger partial charge in [0.1, 0.15) is 0 Å². The van der Waals surface area contributed by atoms with Crippen LogP contribution in [0.5, 0.6) is 0 Å². The molecule has 0 unspecified atom stereocenters. The van der Waals surface area contributed by atoms with Crippen LogP contribution in [0.3, 0.4) is 0 Å². The van der Waals surface area contributed by atoms with Crippen molar-refractivity contribution in [2.24, 2.45) is 7.05 Å². The molecule has 0 bridgehead atoms. The summed E-state index contributed by atoms with van der Waals surface area (Å²) in [6.07, 6.45) is 0. The van der Waals surface area contributed by atoms with Crippen LogP contribution < -0.4 is 5.32 Å². The molecule has 152 valence electrons. The second-order valence-corrected chi connectivity index (χ2v) is 8.76. The van der Waals surface area contributed by atoms with E-state index in [1.54, 1.807) is 36.6 Å². The van der Waals surface area contributed by atoms with E-state index < -0.39 is 0 Å². The number of hydrogen-bond donors (Lipinski definition) is 1. The first-order chi connectivity index (χ1) is 13.8. The van der Waals surface area contributed by atoms with Crippen LogP contribution in [0.4, 0.5) is 5.69 Å². The Hall–Kier alpha value is -2.07. The molecule has 0 fully saturated rings. The maximum atomic E-state index is 12.4. The largest absolute Gasteiger partial charge is 0.336 e. The Morgan fingerprint density at radius 3 is 2.72 bits per heavy atom. The van der Waals surface area contributed by atoms with Crippen molar-refractivity contribution in [3.8, 4) is 10.7 Å². The normalized spacial score (nSPS) is 10.8. The van der Waals surface area contributed by atoms with E-state index in [-0.39, 0.29) is 24.1 Å². The van der Waals surface area contributed by atoms with Crippen molar-refractivity contribution in [3.05, 3.63) is 45.8 Å². The van der Waals surface area contributed by atoms with Crippen LogP contribution in [0.1, 0.15) is 0 Å². The van der Waals surface area contributed by atoms with Crippen molar-refractivity contribution in [1.82, 2.24) is 19.7 Å². The fourth-order valence-corrected chi connectivity index (χ4v) is 4.27. The Bertz CT molecular complexity index is 1020. The smallest absolute Gasteiger partial charge is 0.243 e. The van der Waals surface area contributed by atoms with Crippen LogP contribution in [-0.2, 0) is 16.6 Å². The maximum Gasteiger partial charge on any atom is 0.243 e. The zero-order chi connectivity index (χ0) is 21.0. The van der Waals surface area contributed by atoms with Gasteiger partial charge in [-0.05, 0) is 29.6 Å². The van der Waals surface area contributed by atoms with Crippen LogP contribution in [0.25, 0.3) is 10.7 Å². The number of halogens is 2. The minimum Gasteiger partial charge on any atom is -0.336 e. The van der Waals surface area contributed by atoms with E-state index in [0.29, 0.717) is 20.9 Å². The highest BCUT2D eigenvalue weighted by Crippen LogP contribution is 2.26. The summed E-state index contributed by atoms with van der Waals surface area (Å²) in [6.45, 7) is -0.0844. The molecule has 7 nitrogen and oxygen atoms in total. The number of carbonyl (C=O) groups is 2. The molecule has 3 rings (SSSR count). The van der Waals surface area contributed by atoms with Gasteiger partial charge in [-0.2, -0.15) is 0 Å². The highest BCUT2D eigenvalue weighted by Gasteiger charge is 2.17. The van der Waals surface area contributed by atoms with E-state index in [1.807, 2.05) is 29.1 Å². The Balaban J connectivity index is 1.51. The lowest BCUT2D eigenvalue weighted by Crippen LogP contribution is -2.36. The molecule has 0 saturated carbocycles. The minimum atomic E-state index is -0.331. The van der Waals surface area contributed by atoms with Crippen molar-refractivity contribution in [1.29, 1.82) is 0 Å². The lowest BCUT2D eigenvalue weighted by atomic mass is 10.3. The summed E-state index contributed by atoms with van der Waals surface area (Å²) < 4.78 is 1.85. The maximum absolute atomic E-state index is 12.4. The number of nitrogens with one attached hydrogen (secondary N) is 1. The Labute approximate surface area is 186 Å². The molecule has 0 aliphatic rings. The van der Waals surface area contributed by atoms with Gasteiger partial charge in [0.15, 0.2) is 11.0 Å². The molecule has 2 amide bonds. The van der Waals surface area contributed by atoms with Crippen LogP contribution >= 0.6 is 46.3 Å². The molecule has 0 spiro atoms. The first-order valence-corrected chi connectivity index (χ1v) is 11.0. The third-order valence-corrected chi connectivity index (χ3v) is 6.52. The first-order valence-electron chi connectivity index (χ1n) is 8.40. The van der Waals surface area contributed by atoms with Gasteiger partial charge in [-0.3, -0.25) is 9.59 Å². The molecule has 11 heteroatoms. The van der Waals surface area contributed by atoms with Gasteiger partial charge in [0.2, 0.25) is 11.8 Å². The topological polar surface area (TPSA) is 80.1 Å². The first kappa shape index (κ1) is 21.6. The van der Waals surface area contributed by atoms with Gasteiger partial charge in [-0.25, -0.2) is 0 Å². The fraction of sp³-hybridized carbons (Fsp3) is 0.222. The molecule has 2 heterocycles. The van der Waals surface area contributed by atoms with Gasteiger partial charge in [-0.15, -0.1) is 21.5 Å². The van der Waals surface area contributed by atoms with Crippen LogP contribution in [0.15, 0.2) is 40.9 Å². The molecule has 1 N–H and O–H groups in total. The fourth-order valence-electron chi connectivity index (χ4n) is 2.38. The summed E-state index contributed by atoms with van der Waals surface area (Å²) >= 11 is 14.6. The van der Waals surface area contributed by atoms with E-state index in [0.717, 1.165) is 10.7 Å². The Morgan fingerprint density at radius 2 is 2.03 bits per heavy atom. The van der Waals surface area contributed by atoms with Crippen molar-refractivity contribution < 1.29 is 9.59 Å². The molecular weight excluding hydrogens is 453 g/mol. The number of nitrogens with zero attached hydrogens (tertiary/aromatic N) is 4. The number of benzene rings is 1. The summed E-state index contributed by atoms with van der Waals surface area (Å²) in [5, 5.41) is 14.4. The van der Waals surface area contributed by atoms with Crippen molar-refractivity contribution >= 4 is 63.8 Å². The molecule has 0 aliphatic carbocycles. The summed E-state index contributed by atoms with van der Waals surface area (Å²) in [5.74, 6) is 0.375. The second-order valence-electron chi connectivity index (χ2n) is 6.06. The molecule has 1 aromatic carbocycles. The number of likely N-dealkylation sites (N-methyl/N-ethyl adjacent to an activating group) is 1. The predicted octanol–water partition coefficient (Wildman–Crippen LogP) is 4.04. The Kier molecular flexibility index (Phi) is 7.18. The minimum absolute atomic E-state index is 0.0844. The monoisotopic (exact) mass is 469 g/mol. The summed E-state index contributed by atoms with van der Waals surface area (Å²) in [7, 11) is 3.43. The SMILES string of the molecule is CN(CC(=O)Nc1ccc(Cl)c(Cl)c1)C(=O)CSc1nnc(-c2cccs2)n1C. The van der Waals surface area contributed by atoms with Gasteiger partial charge in [0.25, 0.3) is 0 Å². The third kappa shape index (κ3) is 5.51. The quantitative estimate of drug-likeness (QED) is 0.528. The molecule has 2 aromatic heterocycles. The average molecular weight is 470 g/mol. The van der Waals surface area contributed by atoms with Gasteiger partial charge in [-0.1, -0.05) is 41.0 Å². The van der Waals surface area contributed by atoms with Gasteiger partial charge in [0, 0.05) is 19.8 Å². The van der Waals surface area contributed by atoms with E-state index in [1.165, 1.54) is 16.7 Å². The number of hydrogen-bond acceptors (Lipinski definition) is 6. The van der Waals surface area contributed by atoms with Gasteiger partial charge < -0.3 is 14.8 Å². The van der Waals surface area contributed by atoms with Crippen molar-refractivity contribution in [2.45, 2.75) is 5.16 Å². The Morgan fingerprint density at radius 1 is 1.24 bits per heavy atom. The summed E-state index contributed by atoms with van der Waals surface area (Å²) in [5.41, 5.74) is 0.514. The zero-order valence-corrected chi connectivity index (χ0v) is 18.7. The zero-order valence-electron chi connectivity index (χ0n) is 15.6. The lowest BCUT2D eigenvalue weighted by Gasteiger charge is -2.16. The van der Waals surface area contributed by atoms with Crippen molar-refractivity contribution in [2.75, 3.05) is 24.7 Å². The number of amides is 2. The van der Waals surface area contributed by atoms with Crippen LogP contribution in [0, 0.1) is 0 Å². The number of rotatable bonds is 7. The van der Waals surface area contributed by atoms with E-state index in [2.05, 4.69) is 15.5 Å². The molecular formula is C18H17Cl2N5O2S2. The highest BCUT2D eigenvalue weighted by molar-refractivity contribution is 7.99. The molecule has 29 heavy (non-hydrogen) atoms. The number of anilines is 1. The summed E-state index contributed by atoms with van der Waals surface area (Å²) in [6, 6.07) is 8.70. The standard InChI is InChI=1S/C18H17Cl2N5O2S2/c1-24(9-15(26)21-11-5-6-12(19)13(20)8-11)16(27)10-29-18-23-22-17(25(18)2)14-4-3-7-28-14/h3-8H,9-10H2,1-2H3,(H,21,26). The highest BCUT2D eigenvalue weighted by atomic mass is 35.5. The van der Waals surface area contributed by atoms with Gasteiger partial charge >= 0.3 is 0 Å². The number of carbonyl (C=O) groups excluding carboxylic acids is 2. The van der Waals surface area contributed by atoms with Crippen LogP contribution in [-0.4, -0.2) is 50.8 Å². The third-order valence-electron chi connectivity index (χ3n) is 3.91. The van der Waals surface area contributed by atoms with E-state index >= 15 is 0 Å². The molecule has 0 saturated heterocycles. The lowest BCUT2D eigenvalue weighted by molar-refractivity contribution is -0.131. The number of thioether (sulfide) groups is 1. The average Bonchev–Trinajstić information content (AvgIpc) is 3.32.